The van der Waals surface area contributed by atoms with E-state index in [1.54, 1.807) is 40.9 Å². The Bertz CT molecular complexity index is 921. The fourth-order valence-electron chi connectivity index (χ4n) is 2.44. The van der Waals surface area contributed by atoms with Gasteiger partial charge in [-0.1, -0.05) is 6.07 Å². The smallest absolute Gasteiger partial charge is 0.258 e. The molecular formula is C18H16N2O4S2. The van der Waals surface area contributed by atoms with Crippen molar-refractivity contribution in [2.45, 2.75) is 13.5 Å². The normalized spacial score (nSPS) is 12.2. The van der Waals surface area contributed by atoms with Crippen molar-refractivity contribution in [1.82, 2.24) is 10.3 Å². The molecule has 0 saturated carbocycles. The van der Waals surface area contributed by atoms with E-state index in [-0.39, 0.29) is 19.3 Å². The lowest BCUT2D eigenvalue weighted by atomic mass is 10.3. The highest BCUT2D eigenvalue weighted by atomic mass is 32.1. The van der Waals surface area contributed by atoms with E-state index < -0.39 is 0 Å². The average Bonchev–Trinajstić information content (AvgIpc) is 3.38. The number of carbonyl (C=O) groups excluding carboxylic acids is 1. The van der Waals surface area contributed by atoms with Crippen LogP contribution in [0.4, 0.5) is 0 Å². The van der Waals surface area contributed by atoms with Gasteiger partial charge in [-0.05, 0) is 30.5 Å². The predicted molar refractivity (Wildman–Crippen MR) is 100 cm³/mol. The molecule has 0 fully saturated rings. The number of amides is 1. The third kappa shape index (κ3) is 3.66. The number of aryl methyl sites for hydroxylation is 1. The number of thiazole rings is 1. The van der Waals surface area contributed by atoms with Crippen molar-refractivity contribution in [1.29, 1.82) is 0 Å². The van der Waals surface area contributed by atoms with Gasteiger partial charge in [0.25, 0.3) is 5.91 Å². The van der Waals surface area contributed by atoms with Gasteiger partial charge >= 0.3 is 0 Å². The Morgan fingerprint density at radius 1 is 1.31 bits per heavy atom. The largest absolute Gasteiger partial charge is 0.484 e. The molecule has 1 aliphatic heterocycles. The summed E-state index contributed by atoms with van der Waals surface area (Å²) in [6, 6.07) is 9.29. The first-order valence-corrected chi connectivity index (χ1v) is 9.68. The van der Waals surface area contributed by atoms with Crippen molar-refractivity contribution in [3.63, 3.8) is 0 Å². The van der Waals surface area contributed by atoms with Crippen molar-refractivity contribution in [3.8, 4) is 27.1 Å². The highest BCUT2D eigenvalue weighted by molar-refractivity contribution is 7.21. The van der Waals surface area contributed by atoms with Crippen LogP contribution < -0.4 is 19.5 Å². The summed E-state index contributed by atoms with van der Waals surface area (Å²) in [5.41, 5.74) is 0.940. The lowest BCUT2D eigenvalue weighted by Crippen LogP contribution is -2.28. The van der Waals surface area contributed by atoms with Crippen LogP contribution in [0.1, 0.15) is 10.6 Å². The van der Waals surface area contributed by atoms with Crippen molar-refractivity contribution in [2.24, 2.45) is 0 Å². The zero-order valence-electron chi connectivity index (χ0n) is 14.0. The fraction of sp³-hybridized carbons (Fsp3) is 0.222. The lowest BCUT2D eigenvalue weighted by Gasteiger charge is -2.07. The van der Waals surface area contributed by atoms with Gasteiger partial charge in [-0.2, -0.15) is 0 Å². The molecule has 26 heavy (non-hydrogen) atoms. The summed E-state index contributed by atoms with van der Waals surface area (Å²) in [7, 11) is 0. The van der Waals surface area contributed by atoms with E-state index >= 15 is 0 Å². The maximum absolute atomic E-state index is 12.1. The van der Waals surface area contributed by atoms with E-state index in [1.165, 1.54) is 0 Å². The second-order valence-electron chi connectivity index (χ2n) is 5.59. The molecule has 0 saturated heterocycles. The Kier molecular flexibility index (Phi) is 4.77. The first-order chi connectivity index (χ1) is 12.7. The zero-order chi connectivity index (χ0) is 17.9. The van der Waals surface area contributed by atoms with Crippen LogP contribution in [0, 0.1) is 6.92 Å². The number of fused-ring (bicyclic) bond motifs is 1. The number of benzene rings is 1. The second-order valence-corrected chi connectivity index (χ2v) is 7.62. The van der Waals surface area contributed by atoms with Crippen molar-refractivity contribution < 1.29 is 19.0 Å². The Morgan fingerprint density at radius 3 is 3.04 bits per heavy atom. The number of thiophene rings is 1. The Labute approximate surface area is 158 Å². The molecule has 4 rings (SSSR count). The molecule has 8 heteroatoms. The van der Waals surface area contributed by atoms with Gasteiger partial charge in [0.15, 0.2) is 18.1 Å². The van der Waals surface area contributed by atoms with E-state index in [0.29, 0.717) is 23.8 Å². The number of hydrogen-bond acceptors (Lipinski definition) is 7. The van der Waals surface area contributed by atoms with Crippen LogP contribution in [0.5, 0.6) is 17.2 Å². The Morgan fingerprint density at radius 2 is 2.19 bits per heavy atom. The first-order valence-electron chi connectivity index (χ1n) is 7.98. The standard InChI is InChI=1S/C18H16N2O4S2/c1-11-16(26-18(20-11)15-3-2-6-25-15)8-19-17(21)9-22-12-4-5-13-14(7-12)24-10-23-13/h2-7H,8-10H2,1H3,(H,19,21). The quantitative estimate of drug-likeness (QED) is 0.699. The van der Waals surface area contributed by atoms with E-state index in [2.05, 4.69) is 10.3 Å². The molecule has 1 aliphatic rings. The van der Waals surface area contributed by atoms with Gasteiger partial charge in [-0.25, -0.2) is 4.98 Å². The van der Waals surface area contributed by atoms with Crippen LogP contribution in [-0.2, 0) is 11.3 Å². The van der Waals surface area contributed by atoms with Crippen molar-refractivity contribution in [3.05, 3.63) is 46.3 Å². The van der Waals surface area contributed by atoms with Gasteiger partial charge in [-0.3, -0.25) is 4.79 Å². The monoisotopic (exact) mass is 388 g/mol. The van der Waals surface area contributed by atoms with Crippen LogP contribution in [-0.4, -0.2) is 24.3 Å². The summed E-state index contributed by atoms with van der Waals surface area (Å²) in [5.74, 6) is 1.69. The molecule has 1 amide bonds. The van der Waals surface area contributed by atoms with Crippen molar-refractivity contribution in [2.75, 3.05) is 13.4 Å². The number of carbonyl (C=O) groups is 1. The summed E-state index contributed by atoms with van der Waals surface area (Å²) in [5, 5.41) is 5.89. The van der Waals surface area contributed by atoms with Gasteiger partial charge in [0.1, 0.15) is 10.8 Å². The number of ether oxygens (including phenoxy) is 3. The minimum Gasteiger partial charge on any atom is -0.484 e. The van der Waals surface area contributed by atoms with Gasteiger partial charge < -0.3 is 19.5 Å². The molecule has 0 radical (unpaired) electrons. The fourth-order valence-corrected chi connectivity index (χ4v) is 4.24. The maximum atomic E-state index is 12.1. The summed E-state index contributed by atoms with van der Waals surface area (Å²) >= 11 is 3.26. The molecule has 6 nitrogen and oxygen atoms in total. The number of aromatic nitrogens is 1. The average molecular weight is 388 g/mol. The summed E-state index contributed by atoms with van der Waals surface area (Å²) in [6.07, 6.45) is 0. The van der Waals surface area contributed by atoms with Crippen LogP contribution in [0.3, 0.4) is 0 Å². The van der Waals surface area contributed by atoms with E-state index in [9.17, 15) is 4.79 Å². The SMILES string of the molecule is Cc1nc(-c2cccs2)sc1CNC(=O)COc1ccc2c(c1)OCO2. The second kappa shape index (κ2) is 7.35. The molecule has 1 N–H and O–H groups in total. The Hall–Kier alpha value is -2.58. The number of hydrogen-bond donors (Lipinski definition) is 1. The molecule has 2 aromatic heterocycles. The Balaban J connectivity index is 1.30. The van der Waals surface area contributed by atoms with E-state index in [4.69, 9.17) is 14.2 Å². The van der Waals surface area contributed by atoms with Crippen LogP contribution in [0.15, 0.2) is 35.7 Å². The molecule has 0 spiro atoms. The van der Waals surface area contributed by atoms with Gasteiger partial charge in [-0.15, -0.1) is 22.7 Å². The minimum atomic E-state index is -0.187. The lowest BCUT2D eigenvalue weighted by molar-refractivity contribution is -0.123. The maximum Gasteiger partial charge on any atom is 0.258 e. The number of nitrogens with zero attached hydrogens (tertiary/aromatic N) is 1. The van der Waals surface area contributed by atoms with Crippen LogP contribution in [0.25, 0.3) is 9.88 Å². The van der Waals surface area contributed by atoms with E-state index in [0.717, 1.165) is 20.5 Å². The summed E-state index contributed by atoms with van der Waals surface area (Å²) in [4.78, 5) is 18.8. The van der Waals surface area contributed by atoms with Crippen LogP contribution in [0.2, 0.25) is 0 Å². The predicted octanol–water partition coefficient (Wildman–Crippen LogP) is 3.60. The molecule has 134 valence electrons. The summed E-state index contributed by atoms with van der Waals surface area (Å²) < 4.78 is 16.1. The van der Waals surface area contributed by atoms with Gasteiger partial charge in [0.05, 0.1) is 17.1 Å². The van der Waals surface area contributed by atoms with Gasteiger partial charge in [0.2, 0.25) is 6.79 Å². The molecule has 0 unspecified atom stereocenters. The van der Waals surface area contributed by atoms with E-state index in [1.807, 2.05) is 24.4 Å². The van der Waals surface area contributed by atoms with Crippen molar-refractivity contribution >= 4 is 28.6 Å². The molecule has 3 aromatic rings. The first kappa shape index (κ1) is 16.9. The number of nitrogens with one attached hydrogen (secondary N) is 1. The molecular weight excluding hydrogens is 372 g/mol. The van der Waals surface area contributed by atoms with Gasteiger partial charge in [0, 0.05) is 10.9 Å². The highest BCUT2D eigenvalue weighted by Crippen LogP contribution is 2.35. The summed E-state index contributed by atoms with van der Waals surface area (Å²) in [6.45, 7) is 2.55. The molecule has 0 bridgehead atoms. The third-order valence-corrected chi connectivity index (χ3v) is 5.98. The number of rotatable bonds is 6. The third-order valence-electron chi connectivity index (χ3n) is 3.78. The zero-order valence-corrected chi connectivity index (χ0v) is 15.6. The van der Waals surface area contributed by atoms with Crippen LogP contribution >= 0.6 is 22.7 Å². The highest BCUT2D eigenvalue weighted by Gasteiger charge is 2.15. The molecule has 3 heterocycles. The molecule has 0 aliphatic carbocycles. The molecule has 0 atom stereocenters. The minimum absolute atomic E-state index is 0.0602. The topological polar surface area (TPSA) is 69.7 Å². The molecule has 1 aromatic carbocycles.